The lowest BCUT2D eigenvalue weighted by molar-refractivity contribution is 0.0700. The third-order valence-corrected chi connectivity index (χ3v) is 3.98. The maximum atomic E-state index is 12.7. The standard InChI is InChI=1S/C14H17ClN6O/c1-8(2)13-16-6-10(15)12(17-13)14(22)20-4-5-21-9(3)18-19-11(21)7-20/h6,8H,4-5,7H2,1-3H3. The van der Waals surface area contributed by atoms with Gasteiger partial charge < -0.3 is 9.47 Å². The Morgan fingerprint density at radius 2 is 2.09 bits per heavy atom. The van der Waals surface area contributed by atoms with Gasteiger partial charge in [0.05, 0.1) is 17.8 Å². The molecule has 22 heavy (non-hydrogen) atoms. The summed E-state index contributed by atoms with van der Waals surface area (Å²) in [6, 6.07) is 0. The minimum atomic E-state index is -0.193. The SMILES string of the molecule is Cc1nnc2n1CCN(C(=O)c1nc(C(C)C)ncc1Cl)C2. The largest absolute Gasteiger partial charge is 0.328 e. The van der Waals surface area contributed by atoms with Gasteiger partial charge in [-0.05, 0) is 6.92 Å². The summed E-state index contributed by atoms with van der Waals surface area (Å²) in [5.41, 5.74) is 0.255. The molecule has 0 aromatic carbocycles. The third-order valence-electron chi connectivity index (χ3n) is 3.71. The van der Waals surface area contributed by atoms with Crippen LogP contribution in [0.4, 0.5) is 0 Å². The van der Waals surface area contributed by atoms with Crippen molar-refractivity contribution in [3.05, 3.63) is 34.4 Å². The van der Waals surface area contributed by atoms with Crippen LogP contribution in [0.3, 0.4) is 0 Å². The zero-order valence-electron chi connectivity index (χ0n) is 12.7. The molecule has 0 atom stereocenters. The molecule has 2 aromatic rings. The van der Waals surface area contributed by atoms with E-state index in [2.05, 4.69) is 20.2 Å². The van der Waals surface area contributed by atoms with Crippen LogP contribution in [0.25, 0.3) is 0 Å². The summed E-state index contributed by atoms with van der Waals surface area (Å²) in [5, 5.41) is 8.42. The van der Waals surface area contributed by atoms with Crippen LogP contribution in [0.5, 0.6) is 0 Å². The number of hydrogen-bond acceptors (Lipinski definition) is 5. The van der Waals surface area contributed by atoms with Crippen LogP contribution in [-0.2, 0) is 13.1 Å². The first-order valence-electron chi connectivity index (χ1n) is 7.17. The van der Waals surface area contributed by atoms with Gasteiger partial charge in [0.25, 0.3) is 5.91 Å². The molecule has 7 nitrogen and oxygen atoms in total. The molecule has 3 heterocycles. The van der Waals surface area contributed by atoms with Crippen LogP contribution in [0.15, 0.2) is 6.20 Å². The van der Waals surface area contributed by atoms with Crippen molar-refractivity contribution < 1.29 is 4.79 Å². The monoisotopic (exact) mass is 320 g/mol. The summed E-state index contributed by atoms with van der Waals surface area (Å²) in [7, 11) is 0. The number of hydrogen-bond donors (Lipinski definition) is 0. The van der Waals surface area contributed by atoms with Crippen LogP contribution in [0.2, 0.25) is 5.02 Å². The average molecular weight is 321 g/mol. The number of amides is 1. The molecule has 1 aliphatic rings. The van der Waals surface area contributed by atoms with Crippen molar-refractivity contribution in [2.75, 3.05) is 6.54 Å². The van der Waals surface area contributed by atoms with Gasteiger partial charge in [0, 0.05) is 19.0 Å². The number of aromatic nitrogens is 5. The second kappa shape index (κ2) is 5.64. The van der Waals surface area contributed by atoms with Crippen molar-refractivity contribution in [2.45, 2.75) is 39.8 Å². The smallest absolute Gasteiger partial charge is 0.274 e. The molecule has 0 bridgehead atoms. The summed E-state index contributed by atoms with van der Waals surface area (Å²) in [6.07, 6.45) is 1.49. The molecule has 0 saturated carbocycles. The zero-order chi connectivity index (χ0) is 15.9. The third kappa shape index (κ3) is 2.56. The second-order valence-corrected chi connectivity index (χ2v) is 6.03. The number of halogens is 1. The predicted octanol–water partition coefficient (Wildman–Crippen LogP) is 1.81. The molecule has 0 radical (unpaired) electrons. The van der Waals surface area contributed by atoms with E-state index in [1.165, 1.54) is 6.20 Å². The topological polar surface area (TPSA) is 76.8 Å². The Hall–Kier alpha value is -2.02. The Bertz CT molecular complexity index is 726. The number of rotatable bonds is 2. The minimum Gasteiger partial charge on any atom is -0.328 e. The van der Waals surface area contributed by atoms with Crippen molar-refractivity contribution in [3.8, 4) is 0 Å². The lowest BCUT2D eigenvalue weighted by Crippen LogP contribution is -2.39. The highest BCUT2D eigenvalue weighted by Gasteiger charge is 2.27. The van der Waals surface area contributed by atoms with Crippen molar-refractivity contribution in [1.29, 1.82) is 0 Å². The molecule has 116 valence electrons. The van der Waals surface area contributed by atoms with E-state index in [9.17, 15) is 4.79 Å². The first kappa shape index (κ1) is 14.9. The van der Waals surface area contributed by atoms with E-state index in [4.69, 9.17) is 11.6 Å². The van der Waals surface area contributed by atoms with E-state index >= 15 is 0 Å². The molecule has 0 spiro atoms. The predicted molar refractivity (Wildman–Crippen MR) is 80.6 cm³/mol. The van der Waals surface area contributed by atoms with Gasteiger partial charge in [-0.25, -0.2) is 9.97 Å². The molecular formula is C14H17ClN6O. The summed E-state index contributed by atoms with van der Waals surface area (Å²) in [6.45, 7) is 7.54. The Labute approximate surface area is 133 Å². The van der Waals surface area contributed by atoms with Crippen LogP contribution < -0.4 is 0 Å². The fourth-order valence-electron chi connectivity index (χ4n) is 2.44. The number of fused-ring (bicyclic) bond motifs is 1. The normalized spacial score (nSPS) is 14.3. The van der Waals surface area contributed by atoms with E-state index in [-0.39, 0.29) is 22.5 Å². The average Bonchev–Trinajstić information content (AvgIpc) is 2.87. The molecule has 8 heteroatoms. The van der Waals surface area contributed by atoms with E-state index in [0.29, 0.717) is 25.5 Å². The fourth-order valence-corrected chi connectivity index (χ4v) is 2.61. The Morgan fingerprint density at radius 1 is 1.32 bits per heavy atom. The zero-order valence-corrected chi connectivity index (χ0v) is 13.5. The van der Waals surface area contributed by atoms with Crippen molar-refractivity contribution in [3.63, 3.8) is 0 Å². The summed E-state index contributed by atoms with van der Waals surface area (Å²) in [4.78, 5) is 22.9. The molecule has 0 fully saturated rings. The first-order chi connectivity index (χ1) is 10.5. The van der Waals surface area contributed by atoms with E-state index in [1.54, 1.807) is 4.90 Å². The maximum Gasteiger partial charge on any atom is 0.274 e. The van der Waals surface area contributed by atoms with Crippen LogP contribution in [-0.4, -0.2) is 42.1 Å². The fraction of sp³-hybridized carbons (Fsp3) is 0.500. The summed E-state index contributed by atoms with van der Waals surface area (Å²) < 4.78 is 2.02. The van der Waals surface area contributed by atoms with Gasteiger partial charge in [0.15, 0.2) is 11.5 Å². The second-order valence-electron chi connectivity index (χ2n) is 5.62. The van der Waals surface area contributed by atoms with Crippen LogP contribution >= 0.6 is 11.6 Å². The van der Waals surface area contributed by atoms with Gasteiger partial charge in [0.2, 0.25) is 0 Å². The highest BCUT2D eigenvalue weighted by Crippen LogP contribution is 2.20. The number of carbonyl (C=O) groups excluding carboxylic acids is 1. The van der Waals surface area contributed by atoms with E-state index in [0.717, 1.165) is 11.6 Å². The van der Waals surface area contributed by atoms with Crippen molar-refractivity contribution in [2.24, 2.45) is 0 Å². The summed E-state index contributed by atoms with van der Waals surface area (Å²) in [5.74, 6) is 2.21. The Morgan fingerprint density at radius 3 is 2.82 bits per heavy atom. The molecule has 0 saturated heterocycles. The van der Waals surface area contributed by atoms with Gasteiger partial charge in [-0.1, -0.05) is 25.4 Å². The Balaban J connectivity index is 1.87. The molecule has 0 N–H and O–H groups in total. The van der Waals surface area contributed by atoms with Gasteiger partial charge in [-0.15, -0.1) is 10.2 Å². The highest BCUT2D eigenvalue weighted by atomic mass is 35.5. The first-order valence-corrected chi connectivity index (χ1v) is 7.55. The molecule has 1 amide bonds. The van der Waals surface area contributed by atoms with Crippen LogP contribution in [0, 0.1) is 6.92 Å². The molecular weight excluding hydrogens is 304 g/mol. The van der Waals surface area contributed by atoms with Crippen molar-refractivity contribution >= 4 is 17.5 Å². The summed E-state index contributed by atoms with van der Waals surface area (Å²) >= 11 is 6.11. The number of aryl methyl sites for hydroxylation is 1. The number of nitrogens with zero attached hydrogens (tertiary/aromatic N) is 6. The number of carbonyl (C=O) groups is 1. The lowest BCUT2D eigenvalue weighted by atomic mass is 10.2. The highest BCUT2D eigenvalue weighted by molar-refractivity contribution is 6.33. The lowest BCUT2D eigenvalue weighted by Gasteiger charge is -2.27. The van der Waals surface area contributed by atoms with E-state index < -0.39 is 0 Å². The maximum absolute atomic E-state index is 12.7. The molecule has 3 rings (SSSR count). The van der Waals surface area contributed by atoms with Crippen LogP contribution in [0.1, 0.15) is 47.7 Å². The molecule has 1 aliphatic heterocycles. The minimum absolute atomic E-state index is 0.135. The molecule has 2 aromatic heterocycles. The van der Waals surface area contributed by atoms with Crippen molar-refractivity contribution in [1.82, 2.24) is 29.6 Å². The van der Waals surface area contributed by atoms with E-state index in [1.807, 2.05) is 25.3 Å². The Kier molecular flexibility index (Phi) is 3.82. The van der Waals surface area contributed by atoms with Gasteiger partial charge >= 0.3 is 0 Å². The molecule has 0 unspecified atom stereocenters. The van der Waals surface area contributed by atoms with Gasteiger partial charge in [0.1, 0.15) is 11.6 Å². The van der Waals surface area contributed by atoms with Gasteiger partial charge in [-0.2, -0.15) is 0 Å². The quantitative estimate of drug-likeness (QED) is 0.843. The van der Waals surface area contributed by atoms with Gasteiger partial charge in [-0.3, -0.25) is 4.79 Å². The molecule has 0 aliphatic carbocycles.